The lowest BCUT2D eigenvalue weighted by Gasteiger charge is -2.26. The van der Waals surface area contributed by atoms with E-state index in [9.17, 15) is 9.59 Å². The van der Waals surface area contributed by atoms with E-state index in [1.165, 1.54) is 6.20 Å². The van der Waals surface area contributed by atoms with Crippen molar-refractivity contribution in [1.29, 1.82) is 0 Å². The molecule has 4 rings (SSSR count). The summed E-state index contributed by atoms with van der Waals surface area (Å²) < 4.78 is 11.3. The average molecular weight is 446 g/mol. The number of hydrogen-bond donors (Lipinski definition) is 1. The lowest BCUT2D eigenvalue weighted by molar-refractivity contribution is 0.0505. The minimum Gasteiger partial charge on any atom is -0.496 e. The number of hydrogen-bond acceptors (Lipinski definition) is 5. The Balaban J connectivity index is 1.55. The Morgan fingerprint density at radius 1 is 1.12 bits per heavy atom. The highest BCUT2D eigenvalue weighted by molar-refractivity contribution is 6.04. The van der Waals surface area contributed by atoms with Gasteiger partial charge in [-0.3, -0.25) is 14.6 Å². The minimum absolute atomic E-state index is 0.0112. The normalized spacial score (nSPS) is 15.1. The first-order valence-electron chi connectivity index (χ1n) is 11.0. The fraction of sp³-hybridized carbons (Fsp3) is 0.269. The number of rotatable bonds is 8. The van der Waals surface area contributed by atoms with Crippen LogP contribution in [0.2, 0.25) is 0 Å². The molecule has 7 heteroatoms. The number of nitrogens with one attached hydrogen (secondary N) is 1. The predicted molar refractivity (Wildman–Crippen MR) is 125 cm³/mol. The van der Waals surface area contributed by atoms with Gasteiger partial charge in [0.15, 0.2) is 0 Å². The predicted octanol–water partition coefficient (Wildman–Crippen LogP) is 4.16. The van der Waals surface area contributed by atoms with Crippen LogP contribution in [0.25, 0.3) is 0 Å². The zero-order chi connectivity index (χ0) is 23.0. The Labute approximate surface area is 193 Å². The number of aromatic nitrogens is 1. The van der Waals surface area contributed by atoms with E-state index in [-0.39, 0.29) is 17.9 Å². The van der Waals surface area contributed by atoms with Crippen molar-refractivity contribution in [3.8, 4) is 5.75 Å². The van der Waals surface area contributed by atoms with Crippen LogP contribution in [0.5, 0.6) is 5.75 Å². The molecular formula is C26H27N3O4. The molecule has 1 fully saturated rings. The fourth-order valence-corrected chi connectivity index (χ4v) is 3.91. The SMILES string of the molecule is COc1ccccc1CN(CC1CCCO1)C(=O)c1cccc(NC(=O)c2cccnc2)c1. The molecule has 2 aromatic carbocycles. The number of anilines is 1. The van der Waals surface area contributed by atoms with Crippen LogP contribution in [0, 0.1) is 0 Å². The molecule has 1 saturated heterocycles. The average Bonchev–Trinajstić information content (AvgIpc) is 3.37. The van der Waals surface area contributed by atoms with Crippen molar-refractivity contribution in [3.63, 3.8) is 0 Å². The first-order chi connectivity index (χ1) is 16.1. The summed E-state index contributed by atoms with van der Waals surface area (Å²) in [6.45, 7) is 1.61. The van der Waals surface area contributed by atoms with Crippen molar-refractivity contribution in [1.82, 2.24) is 9.88 Å². The third kappa shape index (κ3) is 5.75. The van der Waals surface area contributed by atoms with Crippen LogP contribution < -0.4 is 10.1 Å². The Morgan fingerprint density at radius 2 is 1.97 bits per heavy atom. The monoisotopic (exact) mass is 445 g/mol. The van der Waals surface area contributed by atoms with E-state index >= 15 is 0 Å². The smallest absolute Gasteiger partial charge is 0.257 e. The van der Waals surface area contributed by atoms with E-state index in [0.29, 0.717) is 29.9 Å². The maximum absolute atomic E-state index is 13.6. The van der Waals surface area contributed by atoms with E-state index in [0.717, 1.165) is 30.8 Å². The van der Waals surface area contributed by atoms with E-state index < -0.39 is 0 Å². The van der Waals surface area contributed by atoms with Gasteiger partial charge in [-0.05, 0) is 49.2 Å². The summed E-state index contributed by atoms with van der Waals surface area (Å²) >= 11 is 0. The Bertz CT molecular complexity index is 1100. The summed E-state index contributed by atoms with van der Waals surface area (Å²) in [7, 11) is 1.62. The van der Waals surface area contributed by atoms with Crippen molar-refractivity contribution >= 4 is 17.5 Å². The largest absolute Gasteiger partial charge is 0.496 e. The summed E-state index contributed by atoms with van der Waals surface area (Å²) in [5, 5.41) is 2.84. The number of pyridine rings is 1. The molecule has 1 N–H and O–H groups in total. The summed E-state index contributed by atoms with van der Waals surface area (Å²) in [5.74, 6) is 0.326. The maximum atomic E-state index is 13.6. The van der Waals surface area contributed by atoms with Crippen molar-refractivity contribution in [2.75, 3.05) is 25.6 Å². The first kappa shape index (κ1) is 22.5. The second kappa shape index (κ2) is 10.7. The molecule has 1 aliphatic rings. The van der Waals surface area contributed by atoms with Crippen LogP contribution in [0.3, 0.4) is 0 Å². The molecular weight excluding hydrogens is 418 g/mol. The van der Waals surface area contributed by atoms with Crippen LogP contribution in [-0.2, 0) is 11.3 Å². The van der Waals surface area contributed by atoms with Gasteiger partial charge in [-0.2, -0.15) is 0 Å². The van der Waals surface area contributed by atoms with E-state index in [1.807, 2.05) is 24.3 Å². The lowest BCUT2D eigenvalue weighted by Crippen LogP contribution is -2.37. The summed E-state index contributed by atoms with van der Waals surface area (Å²) in [6.07, 6.45) is 5.05. The number of nitrogens with zero attached hydrogens (tertiary/aromatic N) is 2. The highest BCUT2D eigenvalue weighted by Gasteiger charge is 2.25. The molecule has 7 nitrogen and oxygen atoms in total. The molecule has 0 bridgehead atoms. The van der Waals surface area contributed by atoms with Crippen molar-refractivity contribution in [3.05, 3.63) is 89.7 Å². The maximum Gasteiger partial charge on any atom is 0.257 e. The molecule has 2 heterocycles. The molecule has 170 valence electrons. The molecule has 1 aliphatic heterocycles. The van der Waals surface area contributed by atoms with Gasteiger partial charge in [-0.1, -0.05) is 24.3 Å². The standard InChI is InChI=1S/C26H27N3O4/c1-32-24-12-3-2-7-21(24)17-29(18-23-11-6-14-33-23)26(31)19-8-4-10-22(15-19)28-25(30)20-9-5-13-27-16-20/h2-5,7-10,12-13,15-16,23H,6,11,14,17-18H2,1H3,(H,28,30). The number of ether oxygens (including phenoxy) is 2. The Kier molecular flexibility index (Phi) is 7.32. The number of methoxy groups -OCH3 is 1. The van der Waals surface area contributed by atoms with E-state index in [1.54, 1.807) is 54.6 Å². The van der Waals surface area contributed by atoms with Gasteiger partial charge in [0, 0.05) is 48.9 Å². The summed E-state index contributed by atoms with van der Waals surface area (Å²) in [6, 6.07) is 18.1. The zero-order valence-corrected chi connectivity index (χ0v) is 18.6. The quantitative estimate of drug-likeness (QED) is 0.563. The van der Waals surface area contributed by atoms with Crippen molar-refractivity contribution < 1.29 is 19.1 Å². The van der Waals surface area contributed by atoms with Crippen LogP contribution in [0.15, 0.2) is 73.1 Å². The van der Waals surface area contributed by atoms with Crippen molar-refractivity contribution in [2.45, 2.75) is 25.5 Å². The second-order valence-electron chi connectivity index (χ2n) is 7.91. The van der Waals surface area contributed by atoms with Crippen LogP contribution in [0.1, 0.15) is 39.1 Å². The highest BCUT2D eigenvalue weighted by atomic mass is 16.5. The molecule has 33 heavy (non-hydrogen) atoms. The highest BCUT2D eigenvalue weighted by Crippen LogP contribution is 2.23. The number of carbonyl (C=O) groups is 2. The van der Waals surface area contributed by atoms with Crippen LogP contribution in [0.4, 0.5) is 5.69 Å². The molecule has 2 amide bonds. The van der Waals surface area contributed by atoms with Gasteiger partial charge >= 0.3 is 0 Å². The molecule has 1 atom stereocenters. The molecule has 0 saturated carbocycles. The Morgan fingerprint density at radius 3 is 2.73 bits per heavy atom. The summed E-state index contributed by atoms with van der Waals surface area (Å²) in [4.78, 5) is 31.8. The fourth-order valence-electron chi connectivity index (χ4n) is 3.91. The number of carbonyl (C=O) groups excluding carboxylic acids is 2. The molecule has 3 aromatic rings. The number of benzene rings is 2. The number of para-hydroxylation sites is 1. The third-order valence-electron chi connectivity index (χ3n) is 5.58. The van der Waals surface area contributed by atoms with Gasteiger partial charge in [0.25, 0.3) is 11.8 Å². The number of amides is 2. The van der Waals surface area contributed by atoms with E-state index in [4.69, 9.17) is 9.47 Å². The molecule has 0 radical (unpaired) electrons. The van der Waals surface area contributed by atoms with E-state index in [2.05, 4.69) is 10.3 Å². The van der Waals surface area contributed by atoms with Crippen LogP contribution in [-0.4, -0.2) is 48.1 Å². The molecule has 1 aromatic heterocycles. The van der Waals surface area contributed by atoms with Gasteiger partial charge < -0.3 is 19.7 Å². The van der Waals surface area contributed by atoms with Gasteiger partial charge in [0.1, 0.15) is 5.75 Å². The molecule has 1 unspecified atom stereocenters. The first-order valence-corrected chi connectivity index (χ1v) is 11.0. The Hall–Kier alpha value is -3.71. The molecule has 0 spiro atoms. The molecule has 0 aliphatic carbocycles. The van der Waals surface area contributed by atoms with Gasteiger partial charge in [-0.25, -0.2) is 0 Å². The minimum atomic E-state index is -0.280. The lowest BCUT2D eigenvalue weighted by atomic mass is 10.1. The van der Waals surface area contributed by atoms with Gasteiger partial charge in [0.2, 0.25) is 0 Å². The van der Waals surface area contributed by atoms with Gasteiger partial charge in [0.05, 0.1) is 18.8 Å². The van der Waals surface area contributed by atoms with Gasteiger partial charge in [-0.15, -0.1) is 0 Å². The summed E-state index contributed by atoms with van der Waals surface area (Å²) in [5.41, 5.74) is 2.41. The second-order valence-corrected chi connectivity index (χ2v) is 7.91. The van der Waals surface area contributed by atoms with Crippen molar-refractivity contribution in [2.24, 2.45) is 0 Å². The zero-order valence-electron chi connectivity index (χ0n) is 18.6. The third-order valence-corrected chi connectivity index (χ3v) is 5.58. The topological polar surface area (TPSA) is 80.8 Å². The van der Waals surface area contributed by atoms with Crippen LogP contribution >= 0.6 is 0 Å².